The summed E-state index contributed by atoms with van der Waals surface area (Å²) < 4.78 is 27.6. The Labute approximate surface area is 170 Å². The van der Waals surface area contributed by atoms with Crippen LogP contribution in [-0.2, 0) is 21.4 Å². The van der Waals surface area contributed by atoms with Crippen LogP contribution >= 0.6 is 0 Å². The summed E-state index contributed by atoms with van der Waals surface area (Å²) in [5.41, 5.74) is 5.81. The third-order valence-corrected chi connectivity index (χ3v) is 6.39. The van der Waals surface area contributed by atoms with Gasteiger partial charge in [0, 0.05) is 18.0 Å². The molecule has 1 saturated carbocycles. The number of carbonyl (C=O) groups is 2. The fourth-order valence-electron chi connectivity index (χ4n) is 3.32. The molecule has 0 atom stereocenters. The predicted molar refractivity (Wildman–Crippen MR) is 109 cm³/mol. The largest absolute Gasteiger partial charge is 0.273 e. The van der Waals surface area contributed by atoms with E-state index in [4.69, 9.17) is 0 Å². The molecule has 1 fully saturated rings. The molecular formula is C21H25N3O4S. The van der Waals surface area contributed by atoms with E-state index in [0.717, 1.165) is 37.7 Å². The molecule has 2 aromatic carbocycles. The van der Waals surface area contributed by atoms with E-state index in [1.807, 2.05) is 30.3 Å². The molecule has 0 saturated heterocycles. The molecule has 0 aliphatic heterocycles. The summed E-state index contributed by atoms with van der Waals surface area (Å²) in [7, 11) is -3.78. The highest BCUT2D eigenvalue weighted by Crippen LogP contribution is 2.23. The van der Waals surface area contributed by atoms with Crippen LogP contribution in [0.25, 0.3) is 0 Å². The van der Waals surface area contributed by atoms with E-state index in [0.29, 0.717) is 0 Å². The van der Waals surface area contributed by atoms with Crippen LogP contribution in [0.1, 0.15) is 48.0 Å². The van der Waals surface area contributed by atoms with Crippen molar-refractivity contribution in [1.82, 2.24) is 15.6 Å². The quantitative estimate of drug-likeness (QED) is 0.631. The van der Waals surface area contributed by atoms with Crippen LogP contribution in [0.3, 0.4) is 0 Å². The maximum Gasteiger partial charge on any atom is 0.269 e. The molecule has 0 bridgehead atoms. The van der Waals surface area contributed by atoms with Crippen LogP contribution in [0.5, 0.6) is 0 Å². The number of carbonyl (C=O) groups excluding carboxylic acids is 2. The molecule has 3 rings (SSSR count). The second-order valence-corrected chi connectivity index (χ2v) is 8.88. The highest BCUT2D eigenvalue weighted by Gasteiger charge is 2.22. The number of nitrogens with one attached hydrogen (secondary N) is 3. The van der Waals surface area contributed by atoms with E-state index in [2.05, 4.69) is 15.6 Å². The van der Waals surface area contributed by atoms with E-state index in [1.165, 1.54) is 24.3 Å². The Hall–Kier alpha value is -2.71. The summed E-state index contributed by atoms with van der Waals surface area (Å²) in [6.07, 6.45) is 4.81. The van der Waals surface area contributed by atoms with E-state index >= 15 is 0 Å². The molecular weight excluding hydrogens is 390 g/mol. The normalized spacial score (nSPS) is 14.9. The van der Waals surface area contributed by atoms with Gasteiger partial charge in [0.2, 0.25) is 15.9 Å². The molecule has 1 aliphatic rings. The van der Waals surface area contributed by atoms with Crippen molar-refractivity contribution in [3.63, 3.8) is 0 Å². The van der Waals surface area contributed by atoms with Gasteiger partial charge in [-0.3, -0.25) is 20.4 Å². The summed E-state index contributed by atoms with van der Waals surface area (Å²) in [6.45, 7) is 0.150. The Morgan fingerprint density at radius 2 is 1.62 bits per heavy atom. The smallest absolute Gasteiger partial charge is 0.269 e. The lowest BCUT2D eigenvalue weighted by Gasteiger charge is -2.20. The number of amides is 2. The second-order valence-electron chi connectivity index (χ2n) is 7.12. The summed E-state index contributed by atoms with van der Waals surface area (Å²) >= 11 is 0. The molecule has 1 aliphatic carbocycles. The van der Waals surface area contributed by atoms with Crippen molar-refractivity contribution < 1.29 is 18.0 Å². The van der Waals surface area contributed by atoms with Gasteiger partial charge in [-0.2, -0.15) is 0 Å². The van der Waals surface area contributed by atoms with Gasteiger partial charge in [0.25, 0.3) is 5.91 Å². The van der Waals surface area contributed by atoms with E-state index < -0.39 is 15.9 Å². The zero-order chi connectivity index (χ0) is 20.7. The summed E-state index contributed by atoms with van der Waals surface area (Å²) in [5, 5.41) is 0. The van der Waals surface area contributed by atoms with Gasteiger partial charge in [0.1, 0.15) is 0 Å². The lowest BCUT2D eigenvalue weighted by molar-refractivity contribution is -0.126. The highest BCUT2D eigenvalue weighted by molar-refractivity contribution is 7.89. The predicted octanol–water partition coefficient (Wildman–Crippen LogP) is 2.51. The van der Waals surface area contributed by atoms with Gasteiger partial charge in [-0.15, -0.1) is 0 Å². The van der Waals surface area contributed by atoms with Gasteiger partial charge < -0.3 is 0 Å². The van der Waals surface area contributed by atoms with Gasteiger partial charge in [0.15, 0.2) is 0 Å². The minimum atomic E-state index is -3.78. The number of sulfonamides is 1. The molecule has 2 aromatic rings. The number of hydrogen-bond donors (Lipinski definition) is 3. The lowest BCUT2D eigenvalue weighted by Crippen LogP contribution is -2.45. The molecule has 0 heterocycles. The first-order valence-corrected chi connectivity index (χ1v) is 11.2. The molecule has 0 radical (unpaired) electrons. The third-order valence-electron chi connectivity index (χ3n) is 4.99. The standard InChI is InChI=1S/C21H25N3O4S/c25-20(17-10-5-2-6-11-17)23-24-21(26)18-12-7-13-19(14-18)29(27,28)22-15-16-8-3-1-4-9-16/h1,3-4,7-9,12-14,17,22H,2,5-6,10-11,15H2,(H,23,25)(H,24,26). The van der Waals surface area contributed by atoms with Crippen molar-refractivity contribution in [3.8, 4) is 0 Å². The number of rotatable bonds is 6. The van der Waals surface area contributed by atoms with Crippen molar-refractivity contribution >= 4 is 21.8 Å². The molecule has 154 valence electrons. The van der Waals surface area contributed by atoms with Gasteiger partial charge >= 0.3 is 0 Å². The van der Waals surface area contributed by atoms with Gasteiger partial charge in [-0.1, -0.05) is 55.7 Å². The molecule has 0 aromatic heterocycles. The average molecular weight is 416 g/mol. The average Bonchev–Trinajstić information content (AvgIpc) is 2.77. The van der Waals surface area contributed by atoms with Crippen molar-refractivity contribution in [2.24, 2.45) is 5.92 Å². The summed E-state index contributed by atoms with van der Waals surface area (Å²) in [5.74, 6) is -0.849. The lowest BCUT2D eigenvalue weighted by atomic mass is 9.89. The highest BCUT2D eigenvalue weighted by atomic mass is 32.2. The van der Waals surface area contributed by atoms with Crippen molar-refractivity contribution in [3.05, 3.63) is 65.7 Å². The Kier molecular flexibility index (Phi) is 7.00. The minimum Gasteiger partial charge on any atom is -0.273 e. The first-order chi connectivity index (χ1) is 14.0. The maximum atomic E-state index is 12.5. The first kappa shape index (κ1) is 21.0. The SMILES string of the molecule is O=C(NNC(=O)C1CCCCC1)c1cccc(S(=O)(=O)NCc2ccccc2)c1. The summed E-state index contributed by atoms with van der Waals surface area (Å²) in [4.78, 5) is 24.5. The minimum absolute atomic E-state index is 0.0142. The number of hydrogen-bond acceptors (Lipinski definition) is 4. The van der Waals surface area contributed by atoms with Crippen LogP contribution in [-0.4, -0.2) is 20.2 Å². The van der Waals surface area contributed by atoms with E-state index in [1.54, 1.807) is 0 Å². The zero-order valence-corrected chi connectivity index (χ0v) is 16.9. The van der Waals surface area contributed by atoms with Crippen molar-refractivity contribution in [1.29, 1.82) is 0 Å². The topological polar surface area (TPSA) is 104 Å². The van der Waals surface area contributed by atoms with Crippen molar-refractivity contribution in [2.75, 3.05) is 0 Å². The molecule has 0 unspecified atom stereocenters. The number of benzene rings is 2. The van der Waals surface area contributed by atoms with Gasteiger partial charge in [-0.05, 0) is 36.6 Å². The van der Waals surface area contributed by atoms with Crippen LogP contribution < -0.4 is 15.6 Å². The molecule has 0 spiro atoms. The second kappa shape index (κ2) is 9.67. The van der Waals surface area contributed by atoms with E-state index in [9.17, 15) is 18.0 Å². The molecule has 3 N–H and O–H groups in total. The molecule has 8 heteroatoms. The van der Waals surface area contributed by atoms with Crippen LogP contribution in [0, 0.1) is 5.92 Å². The monoisotopic (exact) mass is 415 g/mol. The Morgan fingerprint density at radius 1 is 0.897 bits per heavy atom. The van der Waals surface area contributed by atoms with Crippen LogP contribution in [0.2, 0.25) is 0 Å². The van der Waals surface area contributed by atoms with Crippen molar-refractivity contribution in [2.45, 2.75) is 43.5 Å². The van der Waals surface area contributed by atoms with E-state index in [-0.39, 0.29) is 28.8 Å². The molecule has 2 amide bonds. The Balaban J connectivity index is 1.60. The first-order valence-electron chi connectivity index (χ1n) is 9.69. The third kappa shape index (κ3) is 5.88. The zero-order valence-electron chi connectivity index (χ0n) is 16.1. The Morgan fingerprint density at radius 3 is 2.34 bits per heavy atom. The van der Waals surface area contributed by atoms with Gasteiger partial charge in [-0.25, -0.2) is 13.1 Å². The Bertz CT molecular complexity index is 955. The fourth-order valence-corrected chi connectivity index (χ4v) is 4.38. The van der Waals surface area contributed by atoms with Crippen LogP contribution in [0.15, 0.2) is 59.5 Å². The summed E-state index contributed by atoms with van der Waals surface area (Å²) in [6, 6.07) is 14.9. The van der Waals surface area contributed by atoms with Crippen LogP contribution in [0.4, 0.5) is 0 Å². The van der Waals surface area contributed by atoms with Gasteiger partial charge in [0.05, 0.1) is 4.90 Å². The molecule has 7 nitrogen and oxygen atoms in total. The fraction of sp³-hybridized carbons (Fsp3) is 0.333. The maximum absolute atomic E-state index is 12.5. The number of hydrazine groups is 1. The molecule has 29 heavy (non-hydrogen) atoms.